The topological polar surface area (TPSA) is 55.4 Å². The summed E-state index contributed by atoms with van der Waals surface area (Å²) in [6, 6.07) is 15.1. The van der Waals surface area contributed by atoms with Crippen molar-refractivity contribution in [3.05, 3.63) is 64.3 Å². The van der Waals surface area contributed by atoms with E-state index in [0.29, 0.717) is 11.4 Å². The number of halogens is 1. The summed E-state index contributed by atoms with van der Waals surface area (Å²) in [5.74, 6) is 1.24. The van der Waals surface area contributed by atoms with Crippen molar-refractivity contribution in [1.82, 2.24) is 5.32 Å². The van der Waals surface area contributed by atoms with Gasteiger partial charge < -0.3 is 10.1 Å². The summed E-state index contributed by atoms with van der Waals surface area (Å²) in [7, 11) is 0. The van der Waals surface area contributed by atoms with E-state index in [1.807, 2.05) is 48.5 Å². The Kier molecular flexibility index (Phi) is 7.64. The maximum absolute atomic E-state index is 12.6. The molecule has 2 aromatic carbocycles. The summed E-state index contributed by atoms with van der Waals surface area (Å²) in [6.45, 7) is 1.48. The smallest absolute Gasteiger partial charge is 0.227 e. The fourth-order valence-electron chi connectivity index (χ4n) is 3.46. The van der Waals surface area contributed by atoms with Crippen LogP contribution in [0, 0.1) is 5.92 Å². The Morgan fingerprint density at radius 2 is 1.66 bits per heavy atom. The van der Waals surface area contributed by atoms with Crippen LogP contribution >= 0.6 is 15.9 Å². The normalized spacial score (nSPS) is 15.4. The van der Waals surface area contributed by atoms with Crippen molar-refractivity contribution in [1.29, 1.82) is 0 Å². The van der Waals surface area contributed by atoms with Gasteiger partial charge in [0.05, 0.1) is 10.2 Å². The molecule has 5 heteroatoms. The highest BCUT2D eigenvalue weighted by molar-refractivity contribution is 9.10. The van der Waals surface area contributed by atoms with Gasteiger partial charge in [-0.2, -0.15) is 0 Å². The highest BCUT2D eigenvalue weighted by atomic mass is 79.9. The van der Waals surface area contributed by atoms with Crippen LogP contribution in [0.25, 0.3) is 6.08 Å². The Morgan fingerprint density at radius 1 is 1.00 bits per heavy atom. The number of allylic oxidation sites excluding steroid dienone is 1. The molecule has 0 radical (unpaired) electrons. The minimum atomic E-state index is -0.152. The number of hydrogen-bond acceptors (Lipinski definition) is 3. The number of ketones is 1. The van der Waals surface area contributed by atoms with Crippen molar-refractivity contribution < 1.29 is 14.3 Å². The SMILES string of the molecule is CC(=O)/C(=C/c1ccc(Oc2ccccc2Br)cc1)NC(=O)C1CCCCCC1. The third-order valence-corrected chi connectivity index (χ3v) is 5.77. The molecular weight excluding hydrogens is 430 g/mol. The molecule has 1 N–H and O–H groups in total. The van der Waals surface area contributed by atoms with Crippen LogP contribution in [0.4, 0.5) is 0 Å². The van der Waals surface area contributed by atoms with Gasteiger partial charge in [-0.05, 0) is 64.7 Å². The van der Waals surface area contributed by atoms with Crippen LogP contribution in [0.5, 0.6) is 11.5 Å². The molecule has 29 heavy (non-hydrogen) atoms. The van der Waals surface area contributed by atoms with E-state index in [1.54, 1.807) is 6.08 Å². The number of Topliss-reactive ketones (excluding diaryl/α,β-unsaturated/α-hetero) is 1. The van der Waals surface area contributed by atoms with E-state index in [4.69, 9.17) is 4.74 Å². The largest absolute Gasteiger partial charge is 0.456 e. The van der Waals surface area contributed by atoms with E-state index in [2.05, 4.69) is 21.2 Å². The Balaban J connectivity index is 1.69. The quantitative estimate of drug-likeness (QED) is 0.413. The molecule has 1 saturated carbocycles. The van der Waals surface area contributed by atoms with E-state index in [9.17, 15) is 9.59 Å². The first kappa shape index (κ1) is 21.3. The van der Waals surface area contributed by atoms with Crippen LogP contribution in [-0.2, 0) is 9.59 Å². The summed E-state index contributed by atoms with van der Waals surface area (Å²) in [5, 5.41) is 2.86. The number of carbonyl (C=O) groups excluding carboxylic acids is 2. The number of ether oxygens (including phenoxy) is 1. The zero-order chi connectivity index (χ0) is 20.6. The second kappa shape index (κ2) is 10.4. The van der Waals surface area contributed by atoms with Crippen molar-refractivity contribution in [2.24, 2.45) is 5.92 Å². The lowest BCUT2D eigenvalue weighted by atomic mass is 9.99. The maximum Gasteiger partial charge on any atom is 0.227 e. The highest BCUT2D eigenvalue weighted by Crippen LogP contribution is 2.29. The molecule has 0 atom stereocenters. The third kappa shape index (κ3) is 6.29. The molecule has 1 aliphatic rings. The number of nitrogens with one attached hydrogen (secondary N) is 1. The summed E-state index contributed by atoms with van der Waals surface area (Å²) in [4.78, 5) is 24.7. The first-order chi connectivity index (χ1) is 14.0. The summed E-state index contributed by atoms with van der Waals surface area (Å²) >= 11 is 3.47. The molecule has 0 saturated heterocycles. The molecular formula is C24H26BrNO3. The number of carbonyl (C=O) groups is 2. The zero-order valence-electron chi connectivity index (χ0n) is 16.6. The molecule has 1 fully saturated rings. The summed E-state index contributed by atoms with van der Waals surface area (Å²) in [6.07, 6.45) is 8.06. The van der Waals surface area contributed by atoms with Crippen molar-refractivity contribution >= 4 is 33.7 Å². The van der Waals surface area contributed by atoms with Crippen molar-refractivity contribution in [3.63, 3.8) is 0 Å². The van der Waals surface area contributed by atoms with Crippen LogP contribution in [-0.4, -0.2) is 11.7 Å². The van der Waals surface area contributed by atoms with Crippen molar-refractivity contribution in [2.75, 3.05) is 0 Å². The lowest BCUT2D eigenvalue weighted by Gasteiger charge is -2.15. The molecule has 152 valence electrons. The maximum atomic E-state index is 12.6. The van der Waals surface area contributed by atoms with Crippen molar-refractivity contribution in [2.45, 2.75) is 45.4 Å². The predicted octanol–water partition coefficient (Wildman–Crippen LogP) is 6.26. The second-order valence-corrected chi connectivity index (χ2v) is 8.25. The molecule has 0 spiro atoms. The second-order valence-electron chi connectivity index (χ2n) is 7.39. The van der Waals surface area contributed by atoms with Gasteiger partial charge in [0, 0.05) is 12.8 Å². The minimum Gasteiger partial charge on any atom is -0.456 e. The van der Waals surface area contributed by atoms with Gasteiger partial charge >= 0.3 is 0 Å². The fourth-order valence-corrected chi connectivity index (χ4v) is 3.82. The number of hydrogen-bond donors (Lipinski definition) is 1. The van der Waals surface area contributed by atoms with Gasteiger partial charge in [-0.1, -0.05) is 49.9 Å². The molecule has 2 aromatic rings. The zero-order valence-corrected chi connectivity index (χ0v) is 18.2. The monoisotopic (exact) mass is 455 g/mol. The van der Waals surface area contributed by atoms with Gasteiger partial charge in [-0.15, -0.1) is 0 Å². The van der Waals surface area contributed by atoms with Gasteiger partial charge in [-0.25, -0.2) is 0 Å². The molecule has 0 aliphatic heterocycles. The Morgan fingerprint density at radius 3 is 2.28 bits per heavy atom. The lowest BCUT2D eigenvalue weighted by molar-refractivity contribution is -0.126. The van der Waals surface area contributed by atoms with Gasteiger partial charge in [-0.3, -0.25) is 9.59 Å². The van der Waals surface area contributed by atoms with E-state index < -0.39 is 0 Å². The molecule has 0 bridgehead atoms. The van der Waals surface area contributed by atoms with E-state index in [1.165, 1.54) is 19.8 Å². The van der Waals surface area contributed by atoms with Gasteiger partial charge in [0.25, 0.3) is 0 Å². The lowest BCUT2D eigenvalue weighted by Crippen LogP contribution is -2.32. The first-order valence-electron chi connectivity index (χ1n) is 10.1. The number of rotatable bonds is 6. The average Bonchev–Trinajstić information content (AvgIpc) is 3.00. The molecule has 1 amide bonds. The summed E-state index contributed by atoms with van der Waals surface area (Å²) in [5.41, 5.74) is 1.16. The highest BCUT2D eigenvalue weighted by Gasteiger charge is 2.21. The van der Waals surface area contributed by atoms with Crippen molar-refractivity contribution in [3.8, 4) is 11.5 Å². The molecule has 0 heterocycles. The molecule has 0 aromatic heterocycles. The summed E-state index contributed by atoms with van der Waals surface area (Å²) < 4.78 is 6.75. The van der Waals surface area contributed by atoms with Crippen LogP contribution in [0.2, 0.25) is 0 Å². The van der Waals surface area contributed by atoms with Crippen LogP contribution in [0.15, 0.2) is 58.7 Å². The van der Waals surface area contributed by atoms with Gasteiger partial charge in [0.15, 0.2) is 5.78 Å². The third-order valence-electron chi connectivity index (χ3n) is 5.12. The number of benzene rings is 2. The van der Waals surface area contributed by atoms with Gasteiger partial charge in [0.2, 0.25) is 5.91 Å². The number of para-hydroxylation sites is 1. The van der Waals surface area contributed by atoms with E-state index >= 15 is 0 Å². The Labute approximate surface area is 180 Å². The molecule has 3 rings (SSSR count). The standard InChI is InChI=1S/C24H26BrNO3/c1-17(27)22(26-24(28)19-8-4-2-3-5-9-19)16-18-12-14-20(15-13-18)29-23-11-7-6-10-21(23)25/h6-7,10-16,19H,2-5,8-9H2,1H3,(H,26,28)/b22-16-. The molecule has 4 nitrogen and oxygen atoms in total. The first-order valence-corrected chi connectivity index (χ1v) is 10.9. The Hall–Kier alpha value is -2.40. The van der Waals surface area contributed by atoms with Crippen LogP contribution in [0.1, 0.15) is 51.0 Å². The van der Waals surface area contributed by atoms with E-state index in [0.717, 1.165) is 41.5 Å². The van der Waals surface area contributed by atoms with Crippen LogP contribution in [0.3, 0.4) is 0 Å². The molecule has 1 aliphatic carbocycles. The fraction of sp³-hybridized carbons (Fsp3) is 0.333. The van der Waals surface area contributed by atoms with Crippen LogP contribution < -0.4 is 10.1 Å². The minimum absolute atomic E-state index is 0.000320. The molecule has 0 unspecified atom stereocenters. The van der Waals surface area contributed by atoms with Gasteiger partial charge in [0.1, 0.15) is 11.5 Å². The van der Waals surface area contributed by atoms with E-state index in [-0.39, 0.29) is 17.6 Å². The number of amides is 1. The predicted molar refractivity (Wildman–Crippen MR) is 119 cm³/mol. The Bertz CT molecular complexity index is 881. The average molecular weight is 456 g/mol.